The van der Waals surface area contributed by atoms with Gasteiger partial charge in [0.1, 0.15) is 5.75 Å². The minimum absolute atomic E-state index is 0.167. The van der Waals surface area contributed by atoms with Crippen molar-refractivity contribution in [3.8, 4) is 5.75 Å². The van der Waals surface area contributed by atoms with Crippen LogP contribution in [-0.4, -0.2) is 19.4 Å². The van der Waals surface area contributed by atoms with Crippen LogP contribution in [0, 0.1) is 0 Å². The monoisotopic (exact) mass is 238 g/mol. The fourth-order valence-corrected chi connectivity index (χ4v) is 1.94. The Morgan fingerprint density at radius 3 is 2.47 bits per heavy atom. The molecule has 2 rings (SSSR count). The van der Waals surface area contributed by atoms with Crippen LogP contribution in [0.1, 0.15) is 25.3 Å². The van der Waals surface area contributed by atoms with Gasteiger partial charge >= 0.3 is 5.97 Å². The zero-order valence-corrected chi connectivity index (χ0v) is 9.74. The standard InChI is InChI=1S/C13H15FO3/c1-2-16-12(15)13(7-8-13)10-3-5-11(6-4-10)17-9-14/h3-6H,2,7-9H2,1H3. The number of ether oxygens (including phenoxy) is 2. The molecular weight excluding hydrogens is 223 g/mol. The molecule has 0 saturated heterocycles. The molecule has 0 spiro atoms. The molecule has 1 saturated carbocycles. The minimum atomic E-state index is -0.845. The van der Waals surface area contributed by atoms with Crippen molar-refractivity contribution in [1.82, 2.24) is 0 Å². The summed E-state index contributed by atoms with van der Waals surface area (Å²) in [6.45, 7) is 1.35. The van der Waals surface area contributed by atoms with Crippen molar-refractivity contribution in [2.75, 3.05) is 13.5 Å². The second kappa shape index (κ2) is 4.73. The molecule has 0 aromatic heterocycles. The summed E-state index contributed by atoms with van der Waals surface area (Å²) in [5, 5.41) is 0. The maximum absolute atomic E-state index is 12.0. The summed E-state index contributed by atoms with van der Waals surface area (Å²) >= 11 is 0. The Kier molecular flexibility index (Phi) is 3.31. The largest absolute Gasteiger partial charge is 0.465 e. The maximum atomic E-state index is 12.0. The van der Waals surface area contributed by atoms with Crippen molar-refractivity contribution in [3.05, 3.63) is 29.8 Å². The molecule has 0 N–H and O–H groups in total. The predicted molar refractivity (Wildman–Crippen MR) is 60.6 cm³/mol. The predicted octanol–water partition coefficient (Wildman–Crippen LogP) is 2.59. The van der Waals surface area contributed by atoms with Crippen LogP contribution in [0.4, 0.5) is 4.39 Å². The summed E-state index contributed by atoms with van der Waals surface area (Å²) in [7, 11) is 0. The van der Waals surface area contributed by atoms with Gasteiger partial charge in [-0.25, -0.2) is 4.39 Å². The van der Waals surface area contributed by atoms with Crippen LogP contribution in [0.15, 0.2) is 24.3 Å². The molecule has 1 aliphatic carbocycles. The molecule has 0 aliphatic heterocycles. The Balaban J connectivity index is 2.14. The number of alkyl halides is 1. The Bertz CT molecular complexity index is 396. The third-order valence-electron chi connectivity index (χ3n) is 3.04. The van der Waals surface area contributed by atoms with E-state index in [0.717, 1.165) is 18.4 Å². The van der Waals surface area contributed by atoms with Crippen LogP contribution < -0.4 is 4.74 Å². The fourth-order valence-electron chi connectivity index (χ4n) is 1.94. The molecule has 0 atom stereocenters. The van der Waals surface area contributed by atoms with Crippen molar-refractivity contribution in [3.63, 3.8) is 0 Å². The molecule has 1 aromatic carbocycles. The zero-order valence-electron chi connectivity index (χ0n) is 9.74. The van der Waals surface area contributed by atoms with E-state index in [0.29, 0.717) is 12.4 Å². The molecule has 0 unspecified atom stereocenters. The van der Waals surface area contributed by atoms with Crippen molar-refractivity contribution in [2.45, 2.75) is 25.2 Å². The molecule has 4 heteroatoms. The number of hydrogen-bond donors (Lipinski definition) is 0. The first-order chi connectivity index (χ1) is 8.23. The third-order valence-corrected chi connectivity index (χ3v) is 3.04. The van der Waals surface area contributed by atoms with Gasteiger partial charge in [-0.2, -0.15) is 0 Å². The number of carbonyl (C=O) groups is 1. The average molecular weight is 238 g/mol. The lowest BCUT2D eigenvalue weighted by molar-refractivity contribution is -0.146. The number of rotatable bonds is 5. The van der Waals surface area contributed by atoms with Gasteiger partial charge in [-0.05, 0) is 37.5 Å². The highest BCUT2D eigenvalue weighted by atomic mass is 19.1. The normalized spacial score (nSPS) is 16.4. The van der Waals surface area contributed by atoms with Gasteiger partial charge in [0.25, 0.3) is 0 Å². The molecule has 17 heavy (non-hydrogen) atoms. The molecule has 0 heterocycles. The highest BCUT2D eigenvalue weighted by molar-refractivity contribution is 5.86. The van der Waals surface area contributed by atoms with E-state index in [1.54, 1.807) is 31.2 Å². The molecule has 0 amide bonds. The third kappa shape index (κ3) is 2.25. The summed E-state index contributed by atoms with van der Waals surface area (Å²) in [6.07, 6.45) is 1.63. The van der Waals surface area contributed by atoms with Gasteiger partial charge in [0, 0.05) is 0 Å². The van der Waals surface area contributed by atoms with Crippen LogP contribution >= 0.6 is 0 Å². The van der Waals surface area contributed by atoms with Crippen molar-refractivity contribution in [2.24, 2.45) is 0 Å². The van der Waals surface area contributed by atoms with E-state index in [1.807, 2.05) is 0 Å². The minimum Gasteiger partial charge on any atom is -0.465 e. The fraction of sp³-hybridized carbons (Fsp3) is 0.462. The van der Waals surface area contributed by atoms with E-state index in [2.05, 4.69) is 0 Å². The van der Waals surface area contributed by atoms with Crippen LogP contribution in [0.2, 0.25) is 0 Å². The topological polar surface area (TPSA) is 35.5 Å². The number of carbonyl (C=O) groups excluding carboxylic acids is 1. The lowest BCUT2D eigenvalue weighted by Crippen LogP contribution is -2.23. The van der Waals surface area contributed by atoms with Gasteiger partial charge in [-0.15, -0.1) is 0 Å². The van der Waals surface area contributed by atoms with Crippen LogP contribution in [0.5, 0.6) is 5.75 Å². The van der Waals surface area contributed by atoms with Crippen molar-refractivity contribution in [1.29, 1.82) is 0 Å². The van der Waals surface area contributed by atoms with Gasteiger partial charge in [-0.1, -0.05) is 12.1 Å². The summed E-state index contributed by atoms with van der Waals surface area (Å²) in [4.78, 5) is 11.8. The zero-order chi connectivity index (χ0) is 12.3. The van der Waals surface area contributed by atoms with Crippen molar-refractivity contribution >= 4 is 5.97 Å². The molecular formula is C13H15FO3. The Morgan fingerprint density at radius 2 is 2.00 bits per heavy atom. The van der Waals surface area contributed by atoms with Gasteiger partial charge in [0.05, 0.1) is 12.0 Å². The molecule has 3 nitrogen and oxygen atoms in total. The van der Waals surface area contributed by atoms with Gasteiger partial charge < -0.3 is 9.47 Å². The summed E-state index contributed by atoms with van der Waals surface area (Å²) in [6, 6.07) is 6.95. The highest BCUT2D eigenvalue weighted by Gasteiger charge is 2.52. The van der Waals surface area contributed by atoms with E-state index < -0.39 is 12.3 Å². The molecule has 1 aliphatic rings. The first kappa shape index (κ1) is 11.9. The van der Waals surface area contributed by atoms with E-state index >= 15 is 0 Å². The number of halogens is 1. The van der Waals surface area contributed by atoms with Gasteiger partial charge in [-0.3, -0.25) is 4.79 Å². The highest BCUT2D eigenvalue weighted by Crippen LogP contribution is 2.49. The Hall–Kier alpha value is -1.58. The summed E-state index contributed by atoms with van der Waals surface area (Å²) in [5.41, 5.74) is 0.451. The smallest absolute Gasteiger partial charge is 0.316 e. The Labute approximate surface area is 99.5 Å². The van der Waals surface area contributed by atoms with Crippen LogP contribution in [-0.2, 0) is 14.9 Å². The van der Waals surface area contributed by atoms with E-state index in [9.17, 15) is 9.18 Å². The second-order valence-electron chi connectivity index (χ2n) is 4.08. The first-order valence-electron chi connectivity index (χ1n) is 5.69. The molecule has 0 radical (unpaired) electrons. The number of hydrogen-bond acceptors (Lipinski definition) is 3. The van der Waals surface area contributed by atoms with Gasteiger partial charge in [0.15, 0.2) is 0 Å². The molecule has 1 aromatic rings. The van der Waals surface area contributed by atoms with E-state index in [1.165, 1.54) is 0 Å². The lowest BCUT2D eigenvalue weighted by Gasteiger charge is -2.14. The number of esters is 1. The van der Waals surface area contributed by atoms with E-state index in [-0.39, 0.29) is 5.97 Å². The van der Waals surface area contributed by atoms with Crippen LogP contribution in [0.3, 0.4) is 0 Å². The first-order valence-corrected chi connectivity index (χ1v) is 5.69. The Morgan fingerprint density at radius 1 is 1.35 bits per heavy atom. The quantitative estimate of drug-likeness (QED) is 0.740. The average Bonchev–Trinajstić information content (AvgIpc) is 3.12. The second-order valence-corrected chi connectivity index (χ2v) is 4.08. The molecule has 0 bridgehead atoms. The van der Waals surface area contributed by atoms with Gasteiger partial charge in [0.2, 0.25) is 6.86 Å². The molecule has 92 valence electrons. The number of benzene rings is 1. The summed E-state index contributed by atoms with van der Waals surface area (Å²) < 4.78 is 21.7. The SMILES string of the molecule is CCOC(=O)C1(c2ccc(OCF)cc2)CC1. The maximum Gasteiger partial charge on any atom is 0.316 e. The van der Waals surface area contributed by atoms with E-state index in [4.69, 9.17) is 9.47 Å². The summed E-state index contributed by atoms with van der Waals surface area (Å²) in [5.74, 6) is 0.301. The van der Waals surface area contributed by atoms with Crippen LogP contribution in [0.25, 0.3) is 0 Å². The molecule has 1 fully saturated rings. The lowest BCUT2D eigenvalue weighted by atomic mass is 9.96. The van der Waals surface area contributed by atoms with Crippen molar-refractivity contribution < 1.29 is 18.7 Å².